The van der Waals surface area contributed by atoms with Crippen molar-refractivity contribution in [3.05, 3.63) is 53.0 Å². The van der Waals surface area contributed by atoms with Gasteiger partial charge in [-0.25, -0.2) is 4.98 Å². The Kier molecular flexibility index (Phi) is 3.29. The van der Waals surface area contributed by atoms with Crippen LogP contribution in [0.4, 0.5) is 5.69 Å². The molecule has 0 radical (unpaired) electrons. The number of thiophene rings is 1. The molecule has 0 atom stereocenters. The summed E-state index contributed by atoms with van der Waals surface area (Å²) in [4.78, 5) is 4.33. The van der Waals surface area contributed by atoms with E-state index in [2.05, 4.69) is 26.9 Å². The van der Waals surface area contributed by atoms with Crippen LogP contribution < -0.4 is 5.73 Å². The summed E-state index contributed by atoms with van der Waals surface area (Å²) in [6, 6.07) is 9.74. The normalized spacial score (nSPS) is 10.7. The third kappa shape index (κ3) is 2.82. The molecule has 2 heterocycles. The molecule has 3 aromatic rings. The number of anilines is 1. The average molecular weight is 270 g/mol. The molecule has 4 nitrogen and oxygen atoms in total. The van der Waals surface area contributed by atoms with Gasteiger partial charge in [-0.1, -0.05) is 0 Å². The van der Waals surface area contributed by atoms with Crippen molar-refractivity contribution in [1.29, 1.82) is 0 Å². The average Bonchev–Trinajstić information content (AvgIpc) is 3.09. The van der Waals surface area contributed by atoms with E-state index in [9.17, 15) is 0 Å². The predicted octanol–water partition coefficient (Wildman–Crippen LogP) is 2.83. The van der Waals surface area contributed by atoms with Gasteiger partial charge in [0.1, 0.15) is 6.33 Å². The number of rotatable bonds is 4. The quantitative estimate of drug-likeness (QED) is 0.742. The van der Waals surface area contributed by atoms with Crippen molar-refractivity contribution in [3.8, 4) is 11.4 Å². The van der Waals surface area contributed by atoms with Gasteiger partial charge in [-0.3, -0.25) is 4.68 Å². The van der Waals surface area contributed by atoms with Crippen molar-refractivity contribution in [2.24, 2.45) is 0 Å². The third-order valence-electron chi connectivity index (χ3n) is 2.92. The van der Waals surface area contributed by atoms with Gasteiger partial charge >= 0.3 is 0 Å². The number of hydrogen-bond acceptors (Lipinski definition) is 4. The molecule has 2 aromatic heterocycles. The maximum absolute atomic E-state index is 5.67. The first-order valence-electron chi connectivity index (χ1n) is 6.08. The van der Waals surface area contributed by atoms with Crippen molar-refractivity contribution in [2.45, 2.75) is 13.0 Å². The Bertz CT molecular complexity index is 640. The third-order valence-corrected chi connectivity index (χ3v) is 3.65. The first-order chi connectivity index (χ1) is 9.31. The largest absolute Gasteiger partial charge is 0.399 e. The van der Waals surface area contributed by atoms with E-state index in [0.717, 1.165) is 30.0 Å². The Morgan fingerprint density at radius 2 is 2.00 bits per heavy atom. The Morgan fingerprint density at radius 1 is 1.16 bits per heavy atom. The Balaban J connectivity index is 1.70. The summed E-state index contributed by atoms with van der Waals surface area (Å²) in [6.45, 7) is 0.846. The van der Waals surface area contributed by atoms with Crippen LogP contribution in [-0.4, -0.2) is 14.8 Å². The highest BCUT2D eigenvalue weighted by molar-refractivity contribution is 7.07. The minimum absolute atomic E-state index is 0.741. The lowest BCUT2D eigenvalue weighted by Gasteiger charge is -1.99. The van der Waals surface area contributed by atoms with Gasteiger partial charge < -0.3 is 5.73 Å². The SMILES string of the molecule is Nc1ccc(-c2ncn(CCc3ccsc3)n2)cc1. The standard InChI is InChI=1S/C14H14N4S/c15-13-3-1-12(2-4-13)14-16-10-18(17-14)7-5-11-6-8-19-9-11/h1-4,6,8-10H,5,7,15H2. The van der Waals surface area contributed by atoms with Gasteiger partial charge in [0.25, 0.3) is 0 Å². The zero-order valence-electron chi connectivity index (χ0n) is 10.4. The van der Waals surface area contributed by atoms with Gasteiger partial charge in [-0.15, -0.1) is 0 Å². The Morgan fingerprint density at radius 3 is 2.74 bits per heavy atom. The molecule has 5 heteroatoms. The van der Waals surface area contributed by atoms with Crippen molar-refractivity contribution < 1.29 is 0 Å². The molecule has 0 amide bonds. The monoisotopic (exact) mass is 270 g/mol. The molecule has 0 aliphatic rings. The first-order valence-corrected chi connectivity index (χ1v) is 7.02. The summed E-state index contributed by atoms with van der Waals surface area (Å²) in [5.41, 5.74) is 8.75. The van der Waals surface area contributed by atoms with E-state index in [1.54, 1.807) is 17.7 Å². The number of nitrogen functional groups attached to an aromatic ring is 1. The zero-order chi connectivity index (χ0) is 13.1. The van der Waals surface area contributed by atoms with E-state index >= 15 is 0 Å². The van der Waals surface area contributed by atoms with E-state index in [1.165, 1.54) is 5.56 Å². The molecule has 0 spiro atoms. The molecule has 0 aliphatic heterocycles. The van der Waals surface area contributed by atoms with Crippen LogP contribution in [0.3, 0.4) is 0 Å². The fourth-order valence-corrected chi connectivity index (χ4v) is 2.55. The van der Waals surface area contributed by atoms with Crippen molar-refractivity contribution in [2.75, 3.05) is 5.73 Å². The fourth-order valence-electron chi connectivity index (χ4n) is 1.85. The van der Waals surface area contributed by atoms with Crippen LogP contribution in [0.1, 0.15) is 5.56 Å². The zero-order valence-corrected chi connectivity index (χ0v) is 11.2. The van der Waals surface area contributed by atoms with Gasteiger partial charge in [0.2, 0.25) is 0 Å². The number of nitrogens with zero attached hydrogens (tertiary/aromatic N) is 3. The van der Waals surface area contributed by atoms with E-state index in [0.29, 0.717) is 0 Å². The first kappa shape index (κ1) is 11.9. The topological polar surface area (TPSA) is 56.7 Å². The summed E-state index contributed by atoms with van der Waals surface area (Å²) in [5.74, 6) is 0.741. The number of aryl methyl sites for hydroxylation is 2. The van der Waals surface area contributed by atoms with Gasteiger partial charge in [0, 0.05) is 17.8 Å². The lowest BCUT2D eigenvalue weighted by atomic mass is 10.2. The van der Waals surface area contributed by atoms with Crippen LogP contribution in [0.5, 0.6) is 0 Å². The number of benzene rings is 1. The maximum Gasteiger partial charge on any atom is 0.181 e. The molecular weight excluding hydrogens is 256 g/mol. The molecule has 1 aromatic carbocycles. The molecule has 0 unspecified atom stereocenters. The Hall–Kier alpha value is -2.14. The molecule has 96 valence electrons. The lowest BCUT2D eigenvalue weighted by molar-refractivity contribution is 0.615. The number of hydrogen-bond donors (Lipinski definition) is 1. The second kappa shape index (κ2) is 5.24. The van der Waals surface area contributed by atoms with Crippen molar-refractivity contribution in [1.82, 2.24) is 14.8 Å². The van der Waals surface area contributed by atoms with E-state index in [-0.39, 0.29) is 0 Å². The van der Waals surface area contributed by atoms with Crippen LogP contribution in [0.2, 0.25) is 0 Å². The van der Waals surface area contributed by atoms with Crippen LogP contribution in [0.25, 0.3) is 11.4 Å². The molecule has 19 heavy (non-hydrogen) atoms. The summed E-state index contributed by atoms with van der Waals surface area (Å²) in [5, 5.41) is 8.74. The minimum atomic E-state index is 0.741. The minimum Gasteiger partial charge on any atom is -0.399 e. The molecule has 0 saturated heterocycles. The molecule has 2 N–H and O–H groups in total. The van der Waals surface area contributed by atoms with Crippen molar-refractivity contribution in [3.63, 3.8) is 0 Å². The van der Waals surface area contributed by atoms with Gasteiger partial charge in [-0.05, 0) is 53.1 Å². The Labute approximate surface area is 115 Å². The summed E-state index contributed by atoms with van der Waals surface area (Å²) < 4.78 is 1.88. The van der Waals surface area contributed by atoms with Gasteiger partial charge in [-0.2, -0.15) is 16.4 Å². The summed E-state index contributed by atoms with van der Waals surface area (Å²) in [7, 11) is 0. The summed E-state index contributed by atoms with van der Waals surface area (Å²) >= 11 is 1.72. The highest BCUT2D eigenvalue weighted by Crippen LogP contribution is 2.16. The maximum atomic E-state index is 5.67. The second-order valence-corrected chi connectivity index (χ2v) is 5.11. The summed E-state index contributed by atoms with van der Waals surface area (Å²) in [6.07, 6.45) is 2.76. The lowest BCUT2D eigenvalue weighted by Crippen LogP contribution is -2.01. The van der Waals surface area contributed by atoms with Crippen LogP contribution >= 0.6 is 11.3 Å². The highest BCUT2D eigenvalue weighted by Gasteiger charge is 2.04. The smallest absolute Gasteiger partial charge is 0.181 e. The van der Waals surface area contributed by atoms with Crippen LogP contribution in [0, 0.1) is 0 Å². The molecule has 0 bridgehead atoms. The fraction of sp³-hybridized carbons (Fsp3) is 0.143. The molecule has 0 aliphatic carbocycles. The highest BCUT2D eigenvalue weighted by atomic mass is 32.1. The van der Waals surface area contributed by atoms with E-state index in [1.807, 2.05) is 28.9 Å². The van der Waals surface area contributed by atoms with Crippen molar-refractivity contribution >= 4 is 17.0 Å². The molecule has 3 rings (SSSR count). The number of aromatic nitrogens is 3. The molecular formula is C14H14N4S. The van der Waals surface area contributed by atoms with Gasteiger partial charge in [0.15, 0.2) is 5.82 Å². The second-order valence-electron chi connectivity index (χ2n) is 4.33. The molecule has 0 saturated carbocycles. The van der Waals surface area contributed by atoms with Crippen LogP contribution in [0.15, 0.2) is 47.4 Å². The molecule has 0 fully saturated rings. The van der Waals surface area contributed by atoms with Gasteiger partial charge in [0.05, 0.1) is 0 Å². The van der Waals surface area contributed by atoms with Crippen LogP contribution in [-0.2, 0) is 13.0 Å². The van der Waals surface area contributed by atoms with E-state index in [4.69, 9.17) is 5.73 Å². The predicted molar refractivity (Wildman–Crippen MR) is 77.9 cm³/mol. The number of nitrogens with two attached hydrogens (primary N) is 1. The van der Waals surface area contributed by atoms with E-state index < -0.39 is 0 Å².